The Morgan fingerprint density at radius 2 is 1.90 bits per heavy atom. The predicted octanol–water partition coefficient (Wildman–Crippen LogP) is 1.42. The number of hydrogen-bond acceptors (Lipinski definition) is 8. The average Bonchev–Trinajstić information content (AvgIpc) is 3.48. The highest BCUT2D eigenvalue weighted by Crippen LogP contribution is 2.45. The molecule has 0 radical (unpaired) electrons. The molecule has 2 aromatic heterocycles. The lowest BCUT2D eigenvalue weighted by atomic mass is 9.81. The van der Waals surface area contributed by atoms with Crippen LogP contribution in [-0.4, -0.2) is 76.4 Å². The van der Waals surface area contributed by atoms with E-state index in [0.717, 1.165) is 50.4 Å². The summed E-state index contributed by atoms with van der Waals surface area (Å²) in [5.74, 6) is 2.42. The first-order valence-corrected chi connectivity index (χ1v) is 10.8. The van der Waals surface area contributed by atoms with Crippen molar-refractivity contribution in [1.82, 2.24) is 25.1 Å². The minimum absolute atomic E-state index is 0.104. The van der Waals surface area contributed by atoms with Crippen molar-refractivity contribution in [2.24, 2.45) is 5.92 Å². The Morgan fingerprint density at radius 3 is 2.57 bits per heavy atom. The van der Waals surface area contributed by atoms with Crippen molar-refractivity contribution in [1.29, 1.82) is 0 Å². The zero-order valence-electron chi connectivity index (χ0n) is 17.9. The molecule has 3 aliphatic rings. The summed E-state index contributed by atoms with van der Waals surface area (Å²) in [6, 6.07) is 0.525. The molecule has 0 unspecified atom stereocenters. The van der Waals surface area contributed by atoms with Gasteiger partial charge in [0.2, 0.25) is 11.8 Å². The van der Waals surface area contributed by atoms with E-state index >= 15 is 0 Å². The first kappa shape index (κ1) is 19.7. The third-order valence-corrected chi connectivity index (χ3v) is 7.16. The van der Waals surface area contributed by atoms with Gasteiger partial charge in [-0.05, 0) is 33.6 Å². The van der Waals surface area contributed by atoms with E-state index in [1.54, 1.807) is 0 Å². The number of carbonyl (C=O) groups excluding carboxylic acids is 1. The number of fused-ring (bicyclic) bond motifs is 1. The van der Waals surface area contributed by atoms with Crippen molar-refractivity contribution in [2.75, 3.05) is 39.4 Å². The Balaban J connectivity index is 1.38. The molecule has 0 N–H and O–H groups in total. The van der Waals surface area contributed by atoms with E-state index in [9.17, 15) is 4.79 Å². The largest absolute Gasteiger partial charge is 0.381 e. The third-order valence-electron chi connectivity index (χ3n) is 7.16. The first-order chi connectivity index (χ1) is 14.5. The fraction of sp³-hybridized carbons (Fsp3) is 0.714. The summed E-state index contributed by atoms with van der Waals surface area (Å²) in [4.78, 5) is 22.3. The van der Waals surface area contributed by atoms with Crippen LogP contribution in [0.4, 0.5) is 0 Å². The summed E-state index contributed by atoms with van der Waals surface area (Å²) in [6.07, 6.45) is 2.43. The van der Waals surface area contributed by atoms with E-state index < -0.39 is 0 Å². The molecule has 2 atom stereocenters. The number of rotatable bonds is 4. The van der Waals surface area contributed by atoms with Gasteiger partial charge in [-0.25, -0.2) is 0 Å². The lowest BCUT2D eigenvalue weighted by Crippen LogP contribution is -2.44. The smallest absolute Gasteiger partial charge is 0.236 e. The maximum Gasteiger partial charge on any atom is 0.236 e. The highest BCUT2D eigenvalue weighted by atomic mass is 16.5. The molecule has 2 aromatic rings. The molecule has 9 nitrogen and oxygen atoms in total. The van der Waals surface area contributed by atoms with Gasteiger partial charge in [-0.3, -0.25) is 9.69 Å². The van der Waals surface area contributed by atoms with E-state index in [1.807, 2.05) is 25.7 Å². The van der Waals surface area contributed by atoms with Gasteiger partial charge >= 0.3 is 0 Å². The number of likely N-dealkylation sites (tertiary alicyclic amines) is 2. The van der Waals surface area contributed by atoms with Crippen LogP contribution in [0.2, 0.25) is 0 Å². The van der Waals surface area contributed by atoms with Crippen molar-refractivity contribution in [3.8, 4) is 0 Å². The van der Waals surface area contributed by atoms with Gasteiger partial charge in [-0.2, -0.15) is 4.98 Å². The monoisotopic (exact) mass is 415 g/mol. The molecule has 0 aliphatic carbocycles. The zero-order chi connectivity index (χ0) is 20.9. The summed E-state index contributed by atoms with van der Waals surface area (Å²) in [7, 11) is 0. The minimum Gasteiger partial charge on any atom is -0.381 e. The van der Waals surface area contributed by atoms with E-state index in [0.29, 0.717) is 43.0 Å². The molecule has 0 aromatic carbocycles. The lowest BCUT2D eigenvalue weighted by Gasteiger charge is -2.33. The molecule has 3 saturated heterocycles. The number of hydrogen-bond donors (Lipinski definition) is 0. The van der Waals surface area contributed by atoms with Crippen molar-refractivity contribution in [2.45, 2.75) is 51.5 Å². The molecular formula is C21H29N5O4. The molecular weight excluding hydrogens is 386 g/mol. The van der Waals surface area contributed by atoms with Crippen molar-refractivity contribution in [3.63, 3.8) is 0 Å². The Morgan fingerprint density at radius 1 is 1.10 bits per heavy atom. The fourth-order valence-corrected chi connectivity index (χ4v) is 5.44. The zero-order valence-corrected chi connectivity index (χ0v) is 17.9. The van der Waals surface area contributed by atoms with Crippen molar-refractivity contribution < 1.29 is 18.6 Å². The molecule has 5 rings (SSSR count). The van der Waals surface area contributed by atoms with Crippen molar-refractivity contribution in [3.05, 3.63) is 28.7 Å². The van der Waals surface area contributed by atoms with Gasteiger partial charge in [0, 0.05) is 56.9 Å². The van der Waals surface area contributed by atoms with Gasteiger partial charge in [0.25, 0.3) is 0 Å². The van der Waals surface area contributed by atoms with Gasteiger partial charge in [0.15, 0.2) is 5.82 Å². The van der Waals surface area contributed by atoms with Crippen LogP contribution >= 0.6 is 0 Å². The van der Waals surface area contributed by atoms with Crippen molar-refractivity contribution >= 4 is 5.91 Å². The quantitative estimate of drug-likeness (QED) is 0.739. The van der Waals surface area contributed by atoms with Gasteiger partial charge in [-0.15, -0.1) is 0 Å². The summed E-state index contributed by atoms with van der Waals surface area (Å²) in [5, 5.41) is 8.04. The van der Waals surface area contributed by atoms with Crippen LogP contribution in [0.1, 0.15) is 41.6 Å². The Labute approximate surface area is 175 Å². The second-order valence-electron chi connectivity index (χ2n) is 9.03. The SMILES string of the molecule is Cc1noc([C@]23CN(C(=O)Cc4c(C)noc4C)C[C@H]2CN(C2CCOCC2)C3)n1. The lowest BCUT2D eigenvalue weighted by molar-refractivity contribution is -0.130. The van der Waals surface area contributed by atoms with Crippen LogP contribution in [0, 0.1) is 26.7 Å². The van der Waals surface area contributed by atoms with E-state index in [1.165, 1.54) is 0 Å². The maximum absolute atomic E-state index is 13.2. The summed E-state index contributed by atoms with van der Waals surface area (Å²) < 4.78 is 16.5. The number of ether oxygens (including phenoxy) is 1. The molecule has 9 heteroatoms. The molecule has 162 valence electrons. The number of carbonyl (C=O) groups is 1. The van der Waals surface area contributed by atoms with Gasteiger partial charge in [0.1, 0.15) is 5.76 Å². The second-order valence-corrected chi connectivity index (χ2v) is 9.03. The summed E-state index contributed by atoms with van der Waals surface area (Å²) in [6.45, 7) is 10.3. The van der Waals surface area contributed by atoms with E-state index in [2.05, 4.69) is 20.2 Å². The number of aromatic nitrogens is 3. The normalized spacial score (nSPS) is 27.7. The van der Waals surface area contributed by atoms with Crippen LogP contribution in [0.5, 0.6) is 0 Å². The highest BCUT2D eigenvalue weighted by Gasteiger charge is 2.58. The summed E-state index contributed by atoms with van der Waals surface area (Å²) >= 11 is 0. The van der Waals surface area contributed by atoms with Gasteiger partial charge in [-0.1, -0.05) is 10.3 Å². The molecule has 5 heterocycles. The molecule has 3 aliphatic heterocycles. The second kappa shape index (κ2) is 7.46. The molecule has 0 spiro atoms. The minimum atomic E-state index is -0.298. The fourth-order valence-electron chi connectivity index (χ4n) is 5.44. The van der Waals surface area contributed by atoms with Crippen LogP contribution in [0.15, 0.2) is 9.05 Å². The number of nitrogens with zero attached hydrogens (tertiary/aromatic N) is 5. The molecule has 0 bridgehead atoms. The Bertz CT molecular complexity index is 914. The molecule has 30 heavy (non-hydrogen) atoms. The number of amides is 1. The molecule has 0 saturated carbocycles. The summed E-state index contributed by atoms with van der Waals surface area (Å²) in [5.41, 5.74) is 1.38. The Hall–Kier alpha value is -2.26. The topological polar surface area (TPSA) is 97.7 Å². The van der Waals surface area contributed by atoms with Crippen LogP contribution in [-0.2, 0) is 21.4 Å². The first-order valence-electron chi connectivity index (χ1n) is 10.8. The maximum atomic E-state index is 13.2. The van der Waals surface area contributed by atoms with E-state index in [4.69, 9.17) is 13.8 Å². The molecule has 3 fully saturated rings. The van der Waals surface area contributed by atoms with Crippen LogP contribution in [0.3, 0.4) is 0 Å². The molecule has 1 amide bonds. The van der Waals surface area contributed by atoms with Crippen LogP contribution in [0.25, 0.3) is 0 Å². The highest BCUT2D eigenvalue weighted by molar-refractivity contribution is 5.80. The van der Waals surface area contributed by atoms with Gasteiger partial charge in [0.05, 0.1) is 17.5 Å². The van der Waals surface area contributed by atoms with E-state index in [-0.39, 0.29) is 17.2 Å². The predicted molar refractivity (Wildman–Crippen MR) is 106 cm³/mol. The third kappa shape index (κ3) is 3.24. The van der Waals surface area contributed by atoms with Crippen LogP contribution < -0.4 is 0 Å². The van der Waals surface area contributed by atoms with Gasteiger partial charge < -0.3 is 18.7 Å². The number of aryl methyl sites for hydroxylation is 3. The average molecular weight is 415 g/mol. The Kier molecular flexibility index (Phi) is 4.89. The standard InChI is InChI=1S/C21H29N5O4/c1-13-18(14(2)29-23-13)8-19(27)26-10-16-9-25(17-4-6-28-7-5-17)11-21(16,12-26)20-22-15(3)24-30-20/h16-17H,4-12H2,1-3H3/t16-,21-/m1/s1.